The number of aromatic nitrogens is 1. The Morgan fingerprint density at radius 2 is 1.94 bits per heavy atom. The molecule has 5 nitrogen and oxygen atoms in total. The van der Waals surface area contributed by atoms with E-state index in [0.29, 0.717) is 6.04 Å². The van der Waals surface area contributed by atoms with Crippen LogP contribution in [-0.2, 0) is 4.79 Å². The predicted octanol–water partition coefficient (Wildman–Crippen LogP) is 4.93. The maximum Gasteiger partial charge on any atom is 0.227 e. The first-order valence-corrected chi connectivity index (χ1v) is 11.8. The average molecular weight is 435 g/mol. The van der Waals surface area contributed by atoms with Gasteiger partial charge in [-0.05, 0) is 86.3 Å². The quantitative estimate of drug-likeness (QED) is 0.497. The molecule has 2 fully saturated rings. The van der Waals surface area contributed by atoms with Crippen LogP contribution in [0.5, 0.6) is 0 Å². The van der Waals surface area contributed by atoms with Crippen LogP contribution in [-0.4, -0.2) is 30.0 Å². The summed E-state index contributed by atoms with van der Waals surface area (Å²) in [6, 6.07) is 17.0. The fourth-order valence-corrected chi connectivity index (χ4v) is 4.37. The highest BCUT2D eigenvalue weighted by molar-refractivity contribution is 7.97. The molecule has 3 aromatic rings. The molecule has 0 spiro atoms. The Bertz CT molecular complexity index is 1000. The average Bonchev–Trinajstić information content (AvgIpc) is 3.66. The molecule has 6 heteroatoms. The van der Waals surface area contributed by atoms with Crippen LogP contribution in [0.2, 0.25) is 0 Å². The van der Waals surface area contributed by atoms with Gasteiger partial charge in [-0.15, -0.1) is 0 Å². The molecule has 0 radical (unpaired) electrons. The minimum atomic E-state index is 0.149. The summed E-state index contributed by atoms with van der Waals surface area (Å²) in [5.41, 5.74) is 2.01. The third-order valence-electron chi connectivity index (χ3n) is 5.56. The lowest BCUT2D eigenvalue weighted by Crippen LogP contribution is -2.40. The number of anilines is 1. The zero-order valence-electron chi connectivity index (χ0n) is 17.9. The van der Waals surface area contributed by atoms with Crippen LogP contribution in [0.4, 0.5) is 5.69 Å². The first kappa shape index (κ1) is 21.8. The van der Waals surface area contributed by atoms with E-state index >= 15 is 0 Å². The zero-order valence-corrected chi connectivity index (χ0v) is 18.8. The number of hydrogen-bond donors (Lipinski definition) is 3. The number of carbonyl (C=O) groups excluding carboxylic acids is 1. The van der Waals surface area contributed by atoms with Crippen LogP contribution >= 0.6 is 11.9 Å². The van der Waals surface area contributed by atoms with Crippen molar-refractivity contribution in [2.45, 2.75) is 43.5 Å². The van der Waals surface area contributed by atoms with Gasteiger partial charge in [-0.25, -0.2) is 0 Å². The van der Waals surface area contributed by atoms with E-state index < -0.39 is 0 Å². The van der Waals surface area contributed by atoms with E-state index in [4.69, 9.17) is 0 Å². The minimum absolute atomic E-state index is 0.149. The van der Waals surface area contributed by atoms with E-state index in [2.05, 4.69) is 44.6 Å². The molecule has 2 heterocycles. The van der Waals surface area contributed by atoms with Gasteiger partial charge >= 0.3 is 0 Å². The Balaban J connectivity index is 0.000000152. The molecule has 1 saturated heterocycles. The second-order valence-corrected chi connectivity index (χ2v) is 9.14. The smallest absolute Gasteiger partial charge is 0.227 e. The molecule has 162 valence electrons. The van der Waals surface area contributed by atoms with E-state index in [9.17, 15) is 4.79 Å². The van der Waals surface area contributed by atoms with Crippen molar-refractivity contribution in [2.75, 3.05) is 18.4 Å². The lowest BCUT2D eigenvalue weighted by atomic mass is 10.1. The largest absolute Gasteiger partial charge is 0.326 e. The van der Waals surface area contributed by atoms with Gasteiger partial charge in [0.1, 0.15) is 0 Å². The minimum Gasteiger partial charge on any atom is -0.326 e. The SMILES string of the molecule is Cc1cncc2ccc(NC(=O)C3CC3)cc12.c1ccc(SNC2CCCNC2)cc1. The Kier molecular flexibility index (Phi) is 7.57. The molecule has 1 aliphatic carbocycles. The van der Waals surface area contributed by atoms with Crippen LogP contribution in [0.3, 0.4) is 0 Å². The maximum absolute atomic E-state index is 11.7. The monoisotopic (exact) mass is 434 g/mol. The van der Waals surface area contributed by atoms with Crippen molar-refractivity contribution in [1.29, 1.82) is 0 Å². The van der Waals surface area contributed by atoms with Gasteiger partial charge in [-0.2, -0.15) is 0 Å². The molecular weight excluding hydrogens is 404 g/mol. The number of nitrogens with zero attached hydrogens (tertiary/aromatic N) is 1. The highest BCUT2D eigenvalue weighted by Gasteiger charge is 2.29. The summed E-state index contributed by atoms with van der Waals surface area (Å²) in [6.07, 6.45) is 8.31. The van der Waals surface area contributed by atoms with Crippen molar-refractivity contribution in [1.82, 2.24) is 15.0 Å². The summed E-state index contributed by atoms with van der Waals surface area (Å²) in [5.74, 6) is 0.389. The summed E-state index contributed by atoms with van der Waals surface area (Å²) >= 11 is 1.74. The molecule has 2 aromatic carbocycles. The Morgan fingerprint density at radius 3 is 2.68 bits per heavy atom. The normalized spacial score (nSPS) is 18.2. The van der Waals surface area contributed by atoms with E-state index in [1.807, 2.05) is 43.6 Å². The molecule has 1 atom stereocenters. The second kappa shape index (κ2) is 10.8. The van der Waals surface area contributed by atoms with Crippen molar-refractivity contribution >= 4 is 34.3 Å². The topological polar surface area (TPSA) is 66.0 Å². The number of fused-ring (bicyclic) bond motifs is 1. The maximum atomic E-state index is 11.7. The number of benzene rings is 2. The van der Waals surface area contributed by atoms with Crippen molar-refractivity contribution in [3.05, 3.63) is 66.5 Å². The summed E-state index contributed by atoms with van der Waals surface area (Å²) in [5, 5.41) is 8.61. The highest BCUT2D eigenvalue weighted by atomic mass is 32.2. The molecule has 1 aromatic heterocycles. The number of carbonyl (C=O) groups is 1. The molecule has 2 aliphatic rings. The van der Waals surface area contributed by atoms with Crippen LogP contribution in [0.15, 0.2) is 65.8 Å². The molecule has 31 heavy (non-hydrogen) atoms. The summed E-state index contributed by atoms with van der Waals surface area (Å²) in [4.78, 5) is 17.1. The Morgan fingerprint density at radius 1 is 1.10 bits per heavy atom. The molecule has 0 bridgehead atoms. The van der Waals surface area contributed by atoms with Crippen LogP contribution in [0, 0.1) is 12.8 Å². The Hall–Kier alpha value is -2.41. The molecule has 1 aliphatic heterocycles. The first-order chi connectivity index (χ1) is 15.2. The van der Waals surface area contributed by atoms with E-state index in [1.54, 1.807) is 11.9 Å². The van der Waals surface area contributed by atoms with Crippen LogP contribution in [0.1, 0.15) is 31.2 Å². The molecule has 3 N–H and O–H groups in total. The molecule has 1 saturated carbocycles. The number of nitrogens with one attached hydrogen (secondary N) is 3. The number of piperidine rings is 1. The fourth-order valence-electron chi connectivity index (χ4n) is 3.57. The molecule has 1 unspecified atom stereocenters. The zero-order chi connectivity index (χ0) is 21.5. The summed E-state index contributed by atoms with van der Waals surface area (Å²) in [7, 11) is 0. The number of amides is 1. The van der Waals surface area contributed by atoms with Gasteiger partial charge < -0.3 is 10.6 Å². The van der Waals surface area contributed by atoms with Crippen molar-refractivity contribution in [3.8, 4) is 0 Å². The van der Waals surface area contributed by atoms with Gasteiger partial charge in [0.15, 0.2) is 0 Å². The lowest BCUT2D eigenvalue weighted by molar-refractivity contribution is -0.117. The van der Waals surface area contributed by atoms with Gasteiger partial charge in [-0.1, -0.05) is 24.3 Å². The predicted molar refractivity (Wildman–Crippen MR) is 129 cm³/mol. The van der Waals surface area contributed by atoms with Gasteiger partial charge in [0, 0.05) is 46.9 Å². The number of pyridine rings is 1. The van der Waals surface area contributed by atoms with Crippen molar-refractivity contribution in [2.24, 2.45) is 5.92 Å². The van der Waals surface area contributed by atoms with E-state index in [0.717, 1.165) is 41.4 Å². The van der Waals surface area contributed by atoms with Gasteiger partial charge in [0.25, 0.3) is 0 Å². The van der Waals surface area contributed by atoms with E-state index in [-0.39, 0.29) is 11.8 Å². The van der Waals surface area contributed by atoms with Crippen LogP contribution < -0.4 is 15.4 Å². The first-order valence-electron chi connectivity index (χ1n) is 11.0. The van der Waals surface area contributed by atoms with Crippen molar-refractivity contribution < 1.29 is 4.79 Å². The van der Waals surface area contributed by atoms with Gasteiger partial charge in [0.05, 0.1) is 0 Å². The van der Waals surface area contributed by atoms with E-state index in [1.165, 1.54) is 24.3 Å². The second-order valence-electron chi connectivity index (χ2n) is 8.23. The van der Waals surface area contributed by atoms with Gasteiger partial charge in [-0.3, -0.25) is 14.5 Å². The number of hydrogen-bond acceptors (Lipinski definition) is 5. The lowest BCUT2D eigenvalue weighted by Gasteiger charge is -2.23. The summed E-state index contributed by atoms with van der Waals surface area (Å²) in [6.45, 7) is 4.30. The third-order valence-corrected chi connectivity index (χ3v) is 6.52. The fraction of sp³-hybridized carbons (Fsp3) is 0.360. The number of aryl methyl sites for hydroxylation is 1. The van der Waals surface area contributed by atoms with Crippen molar-refractivity contribution in [3.63, 3.8) is 0 Å². The summed E-state index contributed by atoms with van der Waals surface area (Å²) < 4.78 is 3.49. The third kappa shape index (κ3) is 6.53. The highest BCUT2D eigenvalue weighted by Crippen LogP contribution is 2.30. The standard InChI is InChI=1S/C14H14N2O.C11H16N2S/c1-9-7-15-8-11-4-5-12(6-13(9)11)16-14(17)10-2-3-10;1-2-6-11(7-3-1)14-13-10-5-4-8-12-9-10/h4-8,10H,2-3H2,1H3,(H,16,17);1-3,6-7,10,12-13H,4-5,8-9H2. The molecular formula is C25H30N4OS. The van der Waals surface area contributed by atoms with Gasteiger partial charge in [0.2, 0.25) is 5.91 Å². The Labute approximate surface area is 188 Å². The van der Waals surface area contributed by atoms with Crippen LogP contribution in [0.25, 0.3) is 10.8 Å². The molecule has 5 rings (SSSR count). The molecule has 1 amide bonds. The number of rotatable bonds is 5.